The lowest BCUT2D eigenvalue weighted by atomic mass is 10.1. The number of amides is 1. The SMILES string of the molecule is N[C@@H](CCc1ccccc1)C(=O)Nc1ccccc1O. The lowest BCUT2D eigenvalue weighted by Gasteiger charge is -2.13. The smallest absolute Gasteiger partial charge is 0.241 e. The molecule has 0 aliphatic rings. The molecule has 0 saturated carbocycles. The number of nitrogens with two attached hydrogens (primary N) is 1. The quantitative estimate of drug-likeness (QED) is 0.730. The molecule has 0 fully saturated rings. The first-order valence-corrected chi connectivity index (χ1v) is 6.55. The second-order valence-corrected chi connectivity index (χ2v) is 4.64. The van der Waals surface area contributed by atoms with E-state index in [9.17, 15) is 9.90 Å². The molecule has 0 aromatic heterocycles. The summed E-state index contributed by atoms with van der Waals surface area (Å²) in [5.74, 6) is -0.251. The lowest BCUT2D eigenvalue weighted by molar-refractivity contribution is -0.117. The van der Waals surface area contributed by atoms with Crippen LogP contribution in [-0.4, -0.2) is 17.1 Å². The number of rotatable bonds is 5. The molecule has 2 aromatic rings. The monoisotopic (exact) mass is 270 g/mol. The number of hydrogen-bond acceptors (Lipinski definition) is 3. The molecule has 0 heterocycles. The molecule has 0 aliphatic carbocycles. The van der Waals surface area contributed by atoms with Crippen molar-refractivity contribution in [3.05, 3.63) is 60.2 Å². The highest BCUT2D eigenvalue weighted by Crippen LogP contribution is 2.21. The lowest BCUT2D eigenvalue weighted by Crippen LogP contribution is -2.36. The van der Waals surface area contributed by atoms with Gasteiger partial charge in [0.05, 0.1) is 11.7 Å². The van der Waals surface area contributed by atoms with Crippen LogP contribution in [0.25, 0.3) is 0 Å². The van der Waals surface area contributed by atoms with E-state index in [1.807, 2.05) is 30.3 Å². The molecule has 1 atom stereocenters. The Morgan fingerprint density at radius 1 is 1.10 bits per heavy atom. The van der Waals surface area contributed by atoms with Gasteiger partial charge in [0.1, 0.15) is 5.75 Å². The maximum Gasteiger partial charge on any atom is 0.241 e. The van der Waals surface area contributed by atoms with Gasteiger partial charge in [-0.05, 0) is 30.5 Å². The molecular weight excluding hydrogens is 252 g/mol. The van der Waals surface area contributed by atoms with Crippen LogP contribution in [0, 0.1) is 0 Å². The normalized spacial score (nSPS) is 11.8. The molecule has 2 rings (SSSR count). The summed E-state index contributed by atoms with van der Waals surface area (Å²) in [6.07, 6.45) is 1.31. The minimum Gasteiger partial charge on any atom is -0.506 e. The summed E-state index contributed by atoms with van der Waals surface area (Å²) in [5.41, 5.74) is 7.40. The Kier molecular flexibility index (Phi) is 4.74. The number of para-hydroxylation sites is 2. The van der Waals surface area contributed by atoms with Crippen molar-refractivity contribution in [1.29, 1.82) is 0 Å². The number of hydrogen-bond donors (Lipinski definition) is 3. The molecule has 4 heteroatoms. The molecule has 4 N–H and O–H groups in total. The fourth-order valence-electron chi connectivity index (χ4n) is 1.90. The van der Waals surface area contributed by atoms with E-state index in [0.29, 0.717) is 12.1 Å². The van der Waals surface area contributed by atoms with Gasteiger partial charge in [-0.2, -0.15) is 0 Å². The van der Waals surface area contributed by atoms with E-state index in [0.717, 1.165) is 12.0 Å². The molecule has 0 spiro atoms. The summed E-state index contributed by atoms with van der Waals surface area (Å²) in [7, 11) is 0. The van der Waals surface area contributed by atoms with Gasteiger partial charge in [-0.15, -0.1) is 0 Å². The molecule has 4 nitrogen and oxygen atoms in total. The van der Waals surface area contributed by atoms with Gasteiger partial charge in [0.2, 0.25) is 5.91 Å². The van der Waals surface area contributed by atoms with Crippen molar-refractivity contribution < 1.29 is 9.90 Å². The topological polar surface area (TPSA) is 75.4 Å². The Morgan fingerprint density at radius 3 is 2.45 bits per heavy atom. The second-order valence-electron chi connectivity index (χ2n) is 4.64. The van der Waals surface area contributed by atoms with E-state index < -0.39 is 6.04 Å². The van der Waals surface area contributed by atoms with Gasteiger partial charge in [0, 0.05) is 0 Å². The Hall–Kier alpha value is -2.33. The Morgan fingerprint density at radius 2 is 1.75 bits per heavy atom. The average molecular weight is 270 g/mol. The number of carbonyl (C=O) groups is 1. The van der Waals surface area contributed by atoms with Crippen LogP contribution in [-0.2, 0) is 11.2 Å². The highest BCUT2D eigenvalue weighted by Gasteiger charge is 2.14. The Labute approximate surface area is 118 Å². The largest absolute Gasteiger partial charge is 0.506 e. The van der Waals surface area contributed by atoms with Crippen LogP contribution in [0.2, 0.25) is 0 Å². The molecule has 2 aromatic carbocycles. The van der Waals surface area contributed by atoms with Gasteiger partial charge in [0.15, 0.2) is 0 Å². The summed E-state index contributed by atoms with van der Waals surface area (Å²) in [5, 5.41) is 12.2. The predicted molar refractivity (Wildman–Crippen MR) is 79.5 cm³/mol. The first kappa shape index (κ1) is 14.1. The van der Waals surface area contributed by atoms with Gasteiger partial charge in [0.25, 0.3) is 0 Å². The van der Waals surface area contributed by atoms with Gasteiger partial charge in [-0.1, -0.05) is 42.5 Å². The second kappa shape index (κ2) is 6.73. The van der Waals surface area contributed by atoms with E-state index in [1.54, 1.807) is 18.2 Å². The zero-order valence-corrected chi connectivity index (χ0v) is 11.1. The van der Waals surface area contributed by atoms with E-state index in [4.69, 9.17) is 5.73 Å². The minimum atomic E-state index is -0.602. The van der Waals surface area contributed by atoms with E-state index in [1.165, 1.54) is 6.07 Å². The average Bonchev–Trinajstić information content (AvgIpc) is 2.48. The van der Waals surface area contributed by atoms with Crippen molar-refractivity contribution in [1.82, 2.24) is 0 Å². The third-order valence-corrected chi connectivity index (χ3v) is 3.09. The molecule has 0 saturated heterocycles. The Bertz CT molecular complexity index is 570. The first-order valence-electron chi connectivity index (χ1n) is 6.55. The van der Waals surface area contributed by atoms with Gasteiger partial charge >= 0.3 is 0 Å². The summed E-state index contributed by atoms with van der Waals surface area (Å²) in [4.78, 5) is 11.9. The number of aromatic hydroxyl groups is 1. The van der Waals surface area contributed by atoms with Crippen molar-refractivity contribution in [2.75, 3.05) is 5.32 Å². The van der Waals surface area contributed by atoms with E-state index in [-0.39, 0.29) is 11.7 Å². The highest BCUT2D eigenvalue weighted by atomic mass is 16.3. The minimum absolute atomic E-state index is 0.0381. The van der Waals surface area contributed by atoms with Crippen LogP contribution in [0.4, 0.5) is 5.69 Å². The van der Waals surface area contributed by atoms with Crippen molar-refractivity contribution in [3.63, 3.8) is 0 Å². The summed E-state index contributed by atoms with van der Waals surface area (Å²) < 4.78 is 0. The van der Waals surface area contributed by atoms with E-state index >= 15 is 0 Å². The number of carbonyl (C=O) groups excluding carboxylic acids is 1. The number of nitrogens with one attached hydrogen (secondary N) is 1. The van der Waals surface area contributed by atoms with Crippen molar-refractivity contribution in [3.8, 4) is 5.75 Å². The Balaban J connectivity index is 1.88. The number of benzene rings is 2. The molecule has 0 radical (unpaired) electrons. The number of phenolic OH excluding ortho intramolecular Hbond substituents is 1. The number of phenols is 1. The van der Waals surface area contributed by atoms with Crippen molar-refractivity contribution in [2.24, 2.45) is 5.73 Å². The van der Waals surface area contributed by atoms with Crippen LogP contribution in [0.3, 0.4) is 0 Å². The third kappa shape index (κ3) is 3.83. The molecule has 104 valence electrons. The zero-order valence-electron chi connectivity index (χ0n) is 11.1. The van der Waals surface area contributed by atoms with Crippen molar-refractivity contribution in [2.45, 2.75) is 18.9 Å². The van der Waals surface area contributed by atoms with Crippen LogP contribution >= 0.6 is 0 Å². The van der Waals surface area contributed by atoms with Crippen LogP contribution in [0.1, 0.15) is 12.0 Å². The summed E-state index contributed by atoms with van der Waals surface area (Å²) in [6.45, 7) is 0. The highest BCUT2D eigenvalue weighted by molar-refractivity contribution is 5.95. The molecule has 1 amide bonds. The fourth-order valence-corrected chi connectivity index (χ4v) is 1.90. The van der Waals surface area contributed by atoms with Gasteiger partial charge < -0.3 is 16.2 Å². The molecule has 0 bridgehead atoms. The van der Waals surface area contributed by atoms with Crippen LogP contribution in [0.5, 0.6) is 5.75 Å². The summed E-state index contributed by atoms with van der Waals surface area (Å²) >= 11 is 0. The maximum absolute atomic E-state index is 11.9. The van der Waals surface area contributed by atoms with Crippen LogP contribution in [0.15, 0.2) is 54.6 Å². The number of anilines is 1. The number of aryl methyl sites for hydroxylation is 1. The standard InChI is InChI=1S/C16H18N2O2/c17-13(11-10-12-6-2-1-3-7-12)16(20)18-14-8-4-5-9-15(14)19/h1-9,13,19H,10-11,17H2,(H,18,20)/t13-/m0/s1. The van der Waals surface area contributed by atoms with Crippen LogP contribution < -0.4 is 11.1 Å². The molecule has 0 unspecified atom stereocenters. The van der Waals surface area contributed by atoms with Crippen molar-refractivity contribution >= 4 is 11.6 Å². The summed E-state index contributed by atoms with van der Waals surface area (Å²) in [6, 6.07) is 15.9. The van der Waals surface area contributed by atoms with E-state index in [2.05, 4.69) is 5.32 Å². The molecule has 0 aliphatic heterocycles. The van der Waals surface area contributed by atoms with Gasteiger partial charge in [-0.25, -0.2) is 0 Å². The fraction of sp³-hybridized carbons (Fsp3) is 0.188. The molecule has 20 heavy (non-hydrogen) atoms. The first-order chi connectivity index (χ1) is 9.66. The molecular formula is C16H18N2O2. The zero-order chi connectivity index (χ0) is 14.4. The maximum atomic E-state index is 11.9. The third-order valence-electron chi connectivity index (χ3n) is 3.09. The van der Waals surface area contributed by atoms with Gasteiger partial charge in [-0.3, -0.25) is 4.79 Å². The predicted octanol–water partition coefficient (Wildman–Crippen LogP) is 2.29.